The molecule has 0 bridgehead atoms. The number of hydrogen-bond acceptors (Lipinski definition) is 4. The van der Waals surface area contributed by atoms with Crippen molar-refractivity contribution in [3.8, 4) is 0 Å². The van der Waals surface area contributed by atoms with Gasteiger partial charge >= 0.3 is 5.97 Å². The lowest BCUT2D eigenvalue weighted by atomic mass is 9.73. The van der Waals surface area contributed by atoms with Crippen molar-refractivity contribution in [3.63, 3.8) is 0 Å². The Bertz CT molecular complexity index is 507. The fourth-order valence-electron chi connectivity index (χ4n) is 3.89. The third kappa shape index (κ3) is 3.59. The number of hydrogen-bond donors (Lipinski definition) is 2. The third-order valence-electron chi connectivity index (χ3n) is 5.33. The maximum Gasteiger partial charge on any atom is 0.343 e. The van der Waals surface area contributed by atoms with Gasteiger partial charge in [-0.2, -0.15) is 0 Å². The summed E-state index contributed by atoms with van der Waals surface area (Å²) in [5.74, 6) is -0.152. The fourth-order valence-corrected chi connectivity index (χ4v) is 3.89. The first-order valence-corrected chi connectivity index (χ1v) is 8.87. The highest BCUT2D eigenvalue weighted by Gasteiger charge is 2.47. The van der Waals surface area contributed by atoms with Crippen molar-refractivity contribution in [2.75, 3.05) is 19.7 Å². The zero-order chi connectivity index (χ0) is 16.1. The first-order chi connectivity index (χ1) is 11.2. The second-order valence-corrected chi connectivity index (χ2v) is 6.92. The Labute approximate surface area is 138 Å². The Balaban J connectivity index is 1.77. The molecule has 1 saturated heterocycles. The van der Waals surface area contributed by atoms with Gasteiger partial charge in [0.25, 0.3) is 0 Å². The summed E-state index contributed by atoms with van der Waals surface area (Å²) < 4.78 is 5.57. The van der Waals surface area contributed by atoms with Crippen molar-refractivity contribution in [1.82, 2.24) is 5.32 Å². The SMILES string of the molecule is O=C(OCC1CCNC1)C(O)(c1ccccc1)C1CCCCC1. The lowest BCUT2D eigenvalue weighted by Gasteiger charge is -2.37. The summed E-state index contributed by atoms with van der Waals surface area (Å²) in [5, 5.41) is 14.6. The number of esters is 1. The molecule has 1 aromatic carbocycles. The average molecular weight is 317 g/mol. The Kier molecular flexibility index (Phi) is 5.34. The molecule has 2 unspecified atom stereocenters. The molecular weight excluding hydrogens is 290 g/mol. The van der Waals surface area contributed by atoms with Gasteiger partial charge in [0.1, 0.15) is 0 Å². The highest BCUT2D eigenvalue weighted by molar-refractivity contribution is 5.81. The molecule has 0 amide bonds. The number of rotatable bonds is 5. The Hall–Kier alpha value is -1.39. The maximum absolute atomic E-state index is 12.8. The van der Waals surface area contributed by atoms with Gasteiger partial charge in [-0.1, -0.05) is 49.6 Å². The van der Waals surface area contributed by atoms with E-state index < -0.39 is 11.6 Å². The van der Waals surface area contributed by atoms with Crippen LogP contribution < -0.4 is 5.32 Å². The van der Waals surface area contributed by atoms with E-state index in [-0.39, 0.29) is 5.92 Å². The quantitative estimate of drug-likeness (QED) is 0.820. The standard InChI is InChI=1S/C19H27NO3/c21-18(23-14-15-11-12-20-13-15)19(22,16-7-3-1-4-8-16)17-9-5-2-6-10-17/h1,3-4,7-8,15,17,20,22H,2,5-6,9-14H2. The molecule has 4 nitrogen and oxygen atoms in total. The van der Waals surface area contributed by atoms with E-state index in [9.17, 15) is 9.90 Å². The monoisotopic (exact) mass is 317 g/mol. The predicted octanol–water partition coefficient (Wildman–Crippen LogP) is 2.61. The Morgan fingerprint density at radius 1 is 1.17 bits per heavy atom. The van der Waals surface area contributed by atoms with Crippen molar-refractivity contribution in [3.05, 3.63) is 35.9 Å². The number of nitrogens with one attached hydrogen (secondary N) is 1. The van der Waals surface area contributed by atoms with Gasteiger partial charge in [-0.3, -0.25) is 0 Å². The highest BCUT2D eigenvalue weighted by Crippen LogP contribution is 2.40. The lowest BCUT2D eigenvalue weighted by molar-refractivity contribution is -0.176. The molecule has 126 valence electrons. The molecule has 4 heteroatoms. The van der Waals surface area contributed by atoms with Gasteiger partial charge in [-0.05, 0) is 31.4 Å². The van der Waals surface area contributed by atoms with Crippen molar-refractivity contribution < 1.29 is 14.6 Å². The molecule has 0 spiro atoms. The molecule has 0 aromatic heterocycles. The van der Waals surface area contributed by atoms with Crippen molar-refractivity contribution in [2.24, 2.45) is 11.8 Å². The van der Waals surface area contributed by atoms with Gasteiger partial charge in [-0.25, -0.2) is 4.79 Å². The van der Waals surface area contributed by atoms with E-state index in [1.54, 1.807) is 0 Å². The van der Waals surface area contributed by atoms with E-state index >= 15 is 0 Å². The van der Waals surface area contributed by atoms with Crippen LogP contribution in [0.25, 0.3) is 0 Å². The van der Waals surface area contributed by atoms with Gasteiger partial charge in [0.05, 0.1) is 6.61 Å². The van der Waals surface area contributed by atoms with Crippen molar-refractivity contribution in [2.45, 2.75) is 44.1 Å². The summed E-state index contributed by atoms with van der Waals surface area (Å²) in [6.07, 6.45) is 6.11. The molecule has 1 aromatic rings. The van der Waals surface area contributed by atoms with Crippen LogP contribution in [0.3, 0.4) is 0 Å². The summed E-state index contributed by atoms with van der Waals surface area (Å²) in [5.41, 5.74) is -0.838. The fraction of sp³-hybridized carbons (Fsp3) is 0.632. The molecule has 2 fully saturated rings. The Morgan fingerprint density at radius 2 is 1.91 bits per heavy atom. The summed E-state index contributed by atoms with van der Waals surface area (Å²) in [7, 11) is 0. The van der Waals surface area contributed by atoms with Gasteiger partial charge in [0.2, 0.25) is 0 Å². The topological polar surface area (TPSA) is 58.6 Å². The number of carbonyl (C=O) groups is 1. The second-order valence-electron chi connectivity index (χ2n) is 6.92. The molecule has 1 aliphatic heterocycles. The van der Waals surface area contributed by atoms with E-state index in [1.165, 1.54) is 6.42 Å². The normalized spacial score (nSPS) is 25.0. The number of carbonyl (C=O) groups excluding carboxylic acids is 1. The minimum absolute atomic E-state index is 0.0483. The highest BCUT2D eigenvalue weighted by atomic mass is 16.5. The largest absolute Gasteiger partial charge is 0.463 e. The average Bonchev–Trinajstić information content (AvgIpc) is 3.14. The van der Waals surface area contributed by atoms with Gasteiger partial charge in [-0.15, -0.1) is 0 Å². The number of aliphatic hydroxyl groups is 1. The van der Waals surface area contributed by atoms with Crippen LogP contribution in [0.2, 0.25) is 0 Å². The first kappa shape index (κ1) is 16.5. The van der Waals surface area contributed by atoms with Crippen LogP contribution in [0.1, 0.15) is 44.1 Å². The summed E-state index contributed by atoms with van der Waals surface area (Å²) in [6.45, 7) is 2.27. The smallest absolute Gasteiger partial charge is 0.343 e. The van der Waals surface area contributed by atoms with E-state index in [0.717, 1.165) is 45.2 Å². The van der Waals surface area contributed by atoms with Gasteiger partial charge < -0.3 is 15.2 Å². The summed E-state index contributed by atoms with van der Waals surface area (Å²) >= 11 is 0. The maximum atomic E-state index is 12.8. The van der Waals surface area contributed by atoms with Crippen LogP contribution in [-0.2, 0) is 15.1 Å². The molecule has 1 aliphatic carbocycles. The molecule has 23 heavy (non-hydrogen) atoms. The van der Waals surface area contributed by atoms with E-state index in [0.29, 0.717) is 18.1 Å². The van der Waals surface area contributed by atoms with Crippen molar-refractivity contribution >= 4 is 5.97 Å². The predicted molar refractivity (Wildman–Crippen MR) is 88.8 cm³/mol. The third-order valence-corrected chi connectivity index (χ3v) is 5.33. The number of benzene rings is 1. The second kappa shape index (κ2) is 7.45. The minimum Gasteiger partial charge on any atom is -0.463 e. The van der Waals surface area contributed by atoms with Crippen LogP contribution in [0.4, 0.5) is 0 Å². The minimum atomic E-state index is -1.51. The van der Waals surface area contributed by atoms with E-state index in [4.69, 9.17) is 4.74 Å². The van der Waals surface area contributed by atoms with Gasteiger partial charge in [0.15, 0.2) is 5.60 Å². The lowest BCUT2D eigenvalue weighted by Crippen LogP contribution is -2.45. The molecule has 1 saturated carbocycles. The van der Waals surface area contributed by atoms with Gasteiger partial charge in [0, 0.05) is 18.4 Å². The Morgan fingerprint density at radius 3 is 2.57 bits per heavy atom. The van der Waals surface area contributed by atoms with Crippen LogP contribution in [0, 0.1) is 11.8 Å². The molecular formula is C19H27NO3. The van der Waals surface area contributed by atoms with Crippen molar-refractivity contribution in [1.29, 1.82) is 0 Å². The first-order valence-electron chi connectivity index (χ1n) is 8.87. The summed E-state index contributed by atoms with van der Waals surface area (Å²) in [6, 6.07) is 9.33. The zero-order valence-electron chi connectivity index (χ0n) is 13.7. The molecule has 0 radical (unpaired) electrons. The van der Waals surface area contributed by atoms with E-state index in [1.807, 2.05) is 30.3 Å². The molecule has 2 aliphatic rings. The van der Waals surface area contributed by atoms with E-state index in [2.05, 4.69) is 5.32 Å². The molecule has 1 heterocycles. The molecule has 3 rings (SSSR count). The van der Waals surface area contributed by atoms with Crippen LogP contribution in [0.15, 0.2) is 30.3 Å². The number of ether oxygens (including phenoxy) is 1. The molecule has 2 atom stereocenters. The zero-order valence-corrected chi connectivity index (χ0v) is 13.7. The van der Waals surface area contributed by atoms with Crippen LogP contribution >= 0.6 is 0 Å². The summed E-state index contributed by atoms with van der Waals surface area (Å²) in [4.78, 5) is 12.8. The molecule has 2 N–H and O–H groups in total. The van der Waals surface area contributed by atoms with Crippen LogP contribution in [-0.4, -0.2) is 30.8 Å². The van der Waals surface area contributed by atoms with Crippen LogP contribution in [0.5, 0.6) is 0 Å².